The highest BCUT2D eigenvalue weighted by Crippen LogP contribution is 2.40. The molecular formula is C13H6Cl2F3NO2. The summed E-state index contributed by atoms with van der Waals surface area (Å²) in [6, 6.07) is 6.23. The largest absolute Gasteiger partial charge is 0.416 e. The highest BCUT2D eigenvalue weighted by molar-refractivity contribution is 6.35. The minimum absolute atomic E-state index is 0.0711. The highest BCUT2D eigenvalue weighted by Gasteiger charge is 2.32. The molecule has 3 nitrogen and oxygen atoms in total. The van der Waals surface area contributed by atoms with Crippen LogP contribution in [0, 0.1) is 10.1 Å². The van der Waals surface area contributed by atoms with Crippen molar-refractivity contribution in [3.05, 3.63) is 62.1 Å². The van der Waals surface area contributed by atoms with Gasteiger partial charge >= 0.3 is 6.18 Å². The summed E-state index contributed by atoms with van der Waals surface area (Å²) in [5, 5.41) is 11.3. The molecule has 0 bridgehead atoms. The van der Waals surface area contributed by atoms with Crippen molar-refractivity contribution in [3.63, 3.8) is 0 Å². The second-order valence-electron chi connectivity index (χ2n) is 4.11. The fourth-order valence-corrected chi connectivity index (χ4v) is 2.18. The van der Waals surface area contributed by atoms with Gasteiger partial charge in [-0.25, -0.2) is 0 Å². The van der Waals surface area contributed by atoms with Crippen LogP contribution in [0.5, 0.6) is 0 Å². The Labute approximate surface area is 127 Å². The third kappa shape index (κ3) is 3.28. The van der Waals surface area contributed by atoms with Gasteiger partial charge in [-0.2, -0.15) is 13.2 Å². The Kier molecular flexibility index (Phi) is 4.11. The molecule has 0 saturated heterocycles. The molecule has 21 heavy (non-hydrogen) atoms. The summed E-state index contributed by atoms with van der Waals surface area (Å²) in [6.45, 7) is 0. The van der Waals surface area contributed by atoms with Crippen LogP contribution < -0.4 is 0 Å². The lowest BCUT2D eigenvalue weighted by atomic mass is 10.0. The highest BCUT2D eigenvalue weighted by atomic mass is 35.5. The molecular weight excluding hydrogens is 330 g/mol. The van der Waals surface area contributed by atoms with Gasteiger partial charge < -0.3 is 0 Å². The number of nitro groups is 1. The van der Waals surface area contributed by atoms with E-state index in [0.29, 0.717) is 12.1 Å². The average molecular weight is 336 g/mol. The topological polar surface area (TPSA) is 43.1 Å². The maximum atomic E-state index is 12.8. The quantitative estimate of drug-likeness (QED) is 0.530. The minimum atomic E-state index is -4.62. The molecule has 2 aromatic carbocycles. The fourth-order valence-electron chi connectivity index (χ4n) is 1.79. The first-order valence-corrected chi connectivity index (χ1v) is 6.27. The number of benzene rings is 2. The van der Waals surface area contributed by atoms with Crippen LogP contribution in [0.2, 0.25) is 10.0 Å². The van der Waals surface area contributed by atoms with Gasteiger partial charge in [0, 0.05) is 21.7 Å². The lowest BCUT2D eigenvalue weighted by molar-refractivity contribution is -0.384. The maximum absolute atomic E-state index is 12.8. The standard InChI is InChI=1S/C13H6Cl2F3NO2/c14-8-2-3-11(15)9(6-8)10-5-7(13(16,17)18)1-4-12(10)19(20)21/h1-6H. The molecule has 0 aliphatic heterocycles. The molecule has 0 fully saturated rings. The number of alkyl halides is 3. The number of nitrogens with zero attached hydrogens (tertiary/aromatic N) is 1. The van der Waals surface area contributed by atoms with Gasteiger partial charge in [-0.05, 0) is 30.3 Å². The number of rotatable bonds is 2. The number of hydrogen-bond donors (Lipinski definition) is 0. The Morgan fingerprint density at radius 1 is 1.00 bits per heavy atom. The van der Waals surface area contributed by atoms with Crippen LogP contribution in [0.1, 0.15) is 5.56 Å². The van der Waals surface area contributed by atoms with E-state index >= 15 is 0 Å². The van der Waals surface area contributed by atoms with Crippen molar-refractivity contribution >= 4 is 28.9 Å². The Morgan fingerprint density at radius 2 is 1.67 bits per heavy atom. The molecule has 0 N–H and O–H groups in total. The van der Waals surface area contributed by atoms with Crippen molar-refractivity contribution in [2.75, 3.05) is 0 Å². The van der Waals surface area contributed by atoms with Crippen molar-refractivity contribution in [2.24, 2.45) is 0 Å². The van der Waals surface area contributed by atoms with E-state index in [-0.39, 0.29) is 21.2 Å². The van der Waals surface area contributed by atoms with E-state index in [1.807, 2.05) is 0 Å². The molecule has 0 amide bonds. The maximum Gasteiger partial charge on any atom is 0.416 e. The smallest absolute Gasteiger partial charge is 0.258 e. The summed E-state index contributed by atoms with van der Waals surface area (Å²) in [6.07, 6.45) is -4.62. The Bertz CT molecular complexity index is 717. The van der Waals surface area contributed by atoms with Crippen LogP contribution in [0.4, 0.5) is 18.9 Å². The van der Waals surface area contributed by atoms with E-state index < -0.39 is 22.4 Å². The van der Waals surface area contributed by atoms with E-state index in [1.165, 1.54) is 18.2 Å². The fraction of sp³-hybridized carbons (Fsp3) is 0.0769. The van der Waals surface area contributed by atoms with Gasteiger partial charge in [0.15, 0.2) is 0 Å². The van der Waals surface area contributed by atoms with Gasteiger partial charge in [0.2, 0.25) is 0 Å². The van der Waals surface area contributed by atoms with Gasteiger partial charge in [0.05, 0.1) is 16.1 Å². The summed E-state index contributed by atoms with van der Waals surface area (Å²) >= 11 is 11.7. The summed E-state index contributed by atoms with van der Waals surface area (Å²) < 4.78 is 38.3. The first-order chi connectivity index (χ1) is 9.70. The second kappa shape index (κ2) is 5.54. The zero-order valence-corrected chi connectivity index (χ0v) is 11.6. The zero-order valence-electron chi connectivity index (χ0n) is 10.1. The van der Waals surface area contributed by atoms with E-state index in [4.69, 9.17) is 23.2 Å². The molecule has 0 aliphatic carbocycles. The van der Waals surface area contributed by atoms with Crippen LogP contribution in [-0.2, 0) is 6.18 Å². The predicted molar refractivity (Wildman–Crippen MR) is 73.6 cm³/mol. The van der Waals surface area contributed by atoms with Crippen LogP contribution in [-0.4, -0.2) is 4.92 Å². The molecule has 0 atom stereocenters. The van der Waals surface area contributed by atoms with E-state index in [1.54, 1.807) is 0 Å². The summed E-state index contributed by atoms with van der Waals surface area (Å²) in [5.41, 5.74) is -1.64. The van der Waals surface area contributed by atoms with Crippen LogP contribution in [0.15, 0.2) is 36.4 Å². The monoisotopic (exact) mass is 335 g/mol. The van der Waals surface area contributed by atoms with Gasteiger partial charge in [-0.1, -0.05) is 23.2 Å². The Balaban J connectivity index is 2.75. The third-order valence-electron chi connectivity index (χ3n) is 2.74. The molecule has 8 heteroatoms. The molecule has 0 heterocycles. The van der Waals surface area contributed by atoms with E-state index in [9.17, 15) is 23.3 Å². The summed E-state index contributed by atoms with van der Waals surface area (Å²) in [5.74, 6) is 0. The number of hydrogen-bond acceptors (Lipinski definition) is 2. The SMILES string of the molecule is O=[N+]([O-])c1ccc(C(F)(F)F)cc1-c1cc(Cl)ccc1Cl. The number of halogens is 5. The zero-order chi connectivity index (χ0) is 15.8. The van der Waals surface area contributed by atoms with Crippen molar-refractivity contribution in [3.8, 4) is 11.1 Å². The average Bonchev–Trinajstić information content (AvgIpc) is 2.39. The molecule has 110 valence electrons. The lowest BCUT2D eigenvalue weighted by Gasteiger charge is -2.11. The molecule has 0 aromatic heterocycles. The molecule has 0 aliphatic rings. The van der Waals surface area contributed by atoms with Crippen molar-refractivity contribution in [1.29, 1.82) is 0 Å². The third-order valence-corrected chi connectivity index (χ3v) is 3.30. The van der Waals surface area contributed by atoms with Gasteiger partial charge in [0.1, 0.15) is 0 Å². The van der Waals surface area contributed by atoms with E-state index in [2.05, 4.69) is 0 Å². The molecule has 2 rings (SSSR count). The normalized spacial score (nSPS) is 11.5. The van der Waals surface area contributed by atoms with Crippen molar-refractivity contribution in [1.82, 2.24) is 0 Å². The molecule has 0 saturated carbocycles. The van der Waals surface area contributed by atoms with Crippen molar-refractivity contribution in [2.45, 2.75) is 6.18 Å². The summed E-state index contributed by atoms with van der Waals surface area (Å²) in [4.78, 5) is 10.2. The first-order valence-electron chi connectivity index (χ1n) is 5.51. The Morgan fingerprint density at radius 3 is 2.24 bits per heavy atom. The minimum Gasteiger partial charge on any atom is -0.258 e. The second-order valence-corrected chi connectivity index (χ2v) is 4.95. The van der Waals surface area contributed by atoms with Gasteiger partial charge in [-0.3, -0.25) is 10.1 Å². The van der Waals surface area contributed by atoms with Crippen LogP contribution >= 0.6 is 23.2 Å². The number of nitro benzene ring substituents is 1. The lowest BCUT2D eigenvalue weighted by Crippen LogP contribution is -2.06. The van der Waals surface area contributed by atoms with Gasteiger partial charge in [0.25, 0.3) is 5.69 Å². The van der Waals surface area contributed by atoms with Gasteiger partial charge in [-0.15, -0.1) is 0 Å². The van der Waals surface area contributed by atoms with Crippen LogP contribution in [0.3, 0.4) is 0 Å². The summed E-state index contributed by atoms with van der Waals surface area (Å²) in [7, 11) is 0. The molecule has 0 spiro atoms. The predicted octanol–water partition coefficient (Wildman–Crippen LogP) is 5.59. The molecule has 2 aromatic rings. The molecule has 0 radical (unpaired) electrons. The van der Waals surface area contributed by atoms with Crippen molar-refractivity contribution < 1.29 is 18.1 Å². The van der Waals surface area contributed by atoms with E-state index in [0.717, 1.165) is 6.07 Å². The molecule has 0 unspecified atom stereocenters. The van der Waals surface area contributed by atoms with Crippen LogP contribution in [0.25, 0.3) is 11.1 Å². The Hall–Kier alpha value is -1.79. The first kappa shape index (κ1) is 15.6.